The van der Waals surface area contributed by atoms with Crippen LogP contribution in [0.5, 0.6) is 11.5 Å². The Bertz CT molecular complexity index is 1100. The van der Waals surface area contributed by atoms with Crippen molar-refractivity contribution in [3.63, 3.8) is 0 Å². The molecule has 0 spiro atoms. The standard InChI is InChI=1S/C27H29N3O6/c1-33-22-8-3-19(4-9-22)26(20-5-10-23(34-2)11-6-20)29-25(31)18-36-27(32)21-7-12-24(28-17-21)30-13-15-35-16-14-30/h3-12,17,26H,13-16,18H2,1-2H3,(H,29,31). The lowest BCUT2D eigenvalue weighted by atomic mass is 9.98. The van der Waals surface area contributed by atoms with Gasteiger partial charge in [0.1, 0.15) is 17.3 Å². The molecule has 9 heteroatoms. The van der Waals surface area contributed by atoms with E-state index in [-0.39, 0.29) is 5.56 Å². The molecule has 2 aromatic carbocycles. The summed E-state index contributed by atoms with van der Waals surface area (Å²) in [5, 5.41) is 2.95. The first-order valence-electron chi connectivity index (χ1n) is 11.6. The lowest BCUT2D eigenvalue weighted by Gasteiger charge is -2.27. The molecule has 1 amide bonds. The van der Waals surface area contributed by atoms with E-state index in [0.717, 1.165) is 30.0 Å². The maximum Gasteiger partial charge on any atom is 0.340 e. The maximum absolute atomic E-state index is 12.8. The molecule has 1 saturated heterocycles. The third kappa shape index (κ3) is 6.31. The summed E-state index contributed by atoms with van der Waals surface area (Å²) in [4.78, 5) is 31.7. The molecular formula is C27H29N3O6. The first-order valence-corrected chi connectivity index (χ1v) is 11.6. The van der Waals surface area contributed by atoms with E-state index < -0.39 is 24.5 Å². The largest absolute Gasteiger partial charge is 0.497 e. The summed E-state index contributed by atoms with van der Waals surface area (Å²) in [6.07, 6.45) is 1.46. The SMILES string of the molecule is COc1ccc(C(NC(=O)COC(=O)c2ccc(N3CCOCC3)nc2)c2ccc(OC)cc2)cc1. The minimum Gasteiger partial charge on any atom is -0.497 e. The van der Waals surface area contributed by atoms with E-state index in [1.807, 2.05) is 48.5 Å². The van der Waals surface area contributed by atoms with Crippen molar-refractivity contribution >= 4 is 17.7 Å². The molecule has 0 unspecified atom stereocenters. The van der Waals surface area contributed by atoms with Gasteiger partial charge in [0, 0.05) is 19.3 Å². The van der Waals surface area contributed by atoms with Crippen molar-refractivity contribution in [2.24, 2.45) is 0 Å². The van der Waals surface area contributed by atoms with Crippen molar-refractivity contribution in [1.82, 2.24) is 10.3 Å². The van der Waals surface area contributed by atoms with Crippen LogP contribution in [0.4, 0.5) is 5.82 Å². The number of amides is 1. The normalized spacial score (nSPS) is 13.2. The third-order valence-electron chi connectivity index (χ3n) is 5.86. The monoisotopic (exact) mass is 491 g/mol. The van der Waals surface area contributed by atoms with Gasteiger partial charge in [0.25, 0.3) is 5.91 Å². The number of nitrogens with one attached hydrogen (secondary N) is 1. The van der Waals surface area contributed by atoms with E-state index in [9.17, 15) is 9.59 Å². The topological polar surface area (TPSA) is 99.2 Å². The Kier molecular flexibility index (Phi) is 8.36. The Morgan fingerprint density at radius 2 is 1.50 bits per heavy atom. The summed E-state index contributed by atoms with van der Waals surface area (Å²) in [5.41, 5.74) is 1.98. The number of benzene rings is 2. The highest BCUT2D eigenvalue weighted by molar-refractivity contribution is 5.91. The molecule has 0 atom stereocenters. The molecule has 36 heavy (non-hydrogen) atoms. The molecule has 0 saturated carbocycles. The number of carbonyl (C=O) groups is 2. The summed E-state index contributed by atoms with van der Waals surface area (Å²) < 4.78 is 21.1. The fraction of sp³-hybridized carbons (Fsp3) is 0.296. The van der Waals surface area contributed by atoms with E-state index in [1.165, 1.54) is 6.20 Å². The van der Waals surface area contributed by atoms with Gasteiger partial charge in [-0.25, -0.2) is 9.78 Å². The van der Waals surface area contributed by atoms with E-state index in [2.05, 4.69) is 15.2 Å². The van der Waals surface area contributed by atoms with Crippen LogP contribution in [0.2, 0.25) is 0 Å². The number of nitrogens with zero attached hydrogens (tertiary/aromatic N) is 2. The number of hydrogen-bond acceptors (Lipinski definition) is 8. The van der Waals surface area contributed by atoms with Crippen molar-refractivity contribution in [2.75, 3.05) is 52.0 Å². The first kappa shape index (κ1) is 25.0. The highest BCUT2D eigenvalue weighted by atomic mass is 16.5. The van der Waals surface area contributed by atoms with Crippen LogP contribution < -0.4 is 19.7 Å². The first-order chi connectivity index (χ1) is 17.6. The highest BCUT2D eigenvalue weighted by Crippen LogP contribution is 2.26. The number of hydrogen-bond donors (Lipinski definition) is 1. The lowest BCUT2D eigenvalue weighted by Crippen LogP contribution is -2.36. The molecule has 1 aromatic heterocycles. The van der Waals surface area contributed by atoms with Gasteiger partial charge in [-0.2, -0.15) is 0 Å². The minimum atomic E-state index is -0.614. The van der Waals surface area contributed by atoms with Crippen LogP contribution in [0.3, 0.4) is 0 Å². The average Bonchev–Trinajstić information content (AvgIpc) is 2.95. The number of esters is 1. The molecule has 1 fully saturated rings. The summed E-state index contributed by atoms with van der Waals surface area (Å²) >= 11 is 0. The van der Waals surface area contributed by atoms with Gasteiger partial charge in [-0.15, -0.1) is 0 Å². The van der Waals surface area contributed by atoms with Crippen LogP contribution in [-0.2, 0) is 14.3 Å². The molecule has 3 aromatic rings. The summed E-state index contributed by atoms with van der Waals surface area (Å²) in [5.74, 6) is 1.14. The van der Waals surface area contributed by atoms with Crippen molar-refractivity contribution in [2.45, 2.75) is 6.04 Å². The lowest BCUT2D eigenvalue weighted by molar-refractivity contribution is -0.124. The number of methoxy groups -OCH3 is 2. The number of pyridine rings is 1. The number of morpholine rings is 1. The van der Waals surface area contributed by atoms with Crippen molar-refractivity contribution in [3.8, 4) is 11.5 Å². The van der Waals surface area contributed by atoms with E-state index in [1.54, 1.807) is 26.4 Å². The van der Waals surface area contributed by atoms with Gasteiger partial charge < -0.3 is 29.2 Å². The predicted molar refractivity (Wildman–Crippen MR) is 134 cm³/mol. The summed E-state index contributed by atoms with van der Waals surface area (Å²) in [6.45, 7) is 2.37. The van der Waals surface area contributed by atoms with Crippen LogP contribution in [0.15, 0.2) is 66.9 Å². The van der Waals surface area contributed by atoms with Crippen LogP contribution >= 0.6 is 0 Å². The zero-order valence-electron chi connectivity index (χ0n) is 20.3. The average molecular weight is 492 g/mol. The van der Waals surface area contributed by atoms with Crippen molar-refractivity contribution < 1.29 is 28.5 Å². The smallest absolute Gasteiger partial charge is 0.340 e. The van der Waals surface area contributed by atoms with Crippen molar-refractivity contribution in [1.29, 1.82) is 0 Å². The molecule has 0 bridgehead atoms. The Morgan fingerprint density at radius 3 is 2.00 bits per heavy atom. The van der Waals surface area contributed by atoms with Crippen molar-refractivity contribution in [3.05, 3.63) is 83.6 Å². The van der Waals surface area contributed by atoms with Crippen LogP contribution in [0, 0.1) is 0 Å². The van der Waals surface area contributed by atoms with Gasteiger partial charge in [-0.3, -0.25) is 4.79 Å². The second kappa shape index (κ2) is 12.0. The Morgan fingerprint density at radius 1 is 0.917 bits per heavy atom. The Hall–Kier alpha value is -4.11. The maximum atomic E-state index is 12.8. The Labute approximate surface area is 209 Å². The number of aromatic nitrogens is 1. The number of ether oxygens (including phenoxy) is 4. The van der Waals surface area contributed by atoms with Crippen LogP contribution in [0.1, 0.15) is 27.5 Å². The molecule has 4 rings (SSSR count). The number of carbonyl (C=O) groups excluding carboxylic acids is 2. The fourth-order valence-corrected chi connectivity index (χ4v) is 3.86. The molecule has 1 aliphatic heterocycles. The van der Waals surface area contributed by atoms with Gasteiger partial charge >= 0.3 is 5.97 Å². The summed E-state index contributed by atoms with van der Waals surface area (Å²) in [7, 11) is 3.19. The molecule has 9 nitrogen and oxygen atoms in total. The van der Waals surface area contributed by atoms with Gasteiger partial charge in [-0.05, 0) is 47.5 Å². The van der Waals surface area contributed by atoms with Gasteiger partial charge in [0.05, 0.1) is 39.0 Å². The second-order valence-electron chi connectivity index (χ2n) is 8.13. The van der Waals surface area contributed by atoms with Gasteiger partial charge in [0.15, 0.2) is 6.61 Å². The molecule has 2 heterocycles. The van der Waals surface area contributed by atoms with E-state index in [0.29, 0.717) is 24.7 Å². The van der Waals surface area contributed by atoms with Gasteiger partial charge in [0.2, 0.25) is 0 Å². The molecule has 0 radical (unpaired) electrons. The minimum absolute atomic E-state index is 0.279. The predicted octanol–water partition coefficient (Wildman–Crippen LogP) is 3.00. The Balaban J connectivity index is 1.39. The molecule has 1 N–H and O–H groups in total. The van der Waals surface area contributed by atoms with Crippen LogP contribution in [0.25, 0.3) is 0 Å². The molecule has 0 aliphatic carbocycles. The van der Waals surface area contributed by atoms with E-state index >= 15 is 0 Å². The number of rotatable bonds is 9. The summed E-state index contributed by atoms with van der Waals surface area (Å²) in [6, 6.07) is 17.8. The molecule has 1 aliphatic rings. The molecule has 188 valence electrons. The quantitative estimate of drug-likeness (QED) is 0.456. The van der Waals surface area contributed by atoms with Gasteiger partial charge in [-0.1, -0.05) is 24.3 Å². The highest BCUT2D eigenvalue weighted by Gasteiger charge is 2.19. The third-order valence-corrected chi connectivity index (χ3v) is 5.86. The zero-order chi connectivity index (χ0) is 25.3. The van der Waals surface area contributed by atoms with E-state index in [4.69, 9.17) is 18.9 Å². The molecular weight excluding hydrogens is 462 g/mol. The second-order valence-corrected chi connectivity index (χ2v) is 8.13. The number of anilines is 1. The van der Waals surface area contributed by atoms with Crippen LogP contribution in [-0.4, -0.2) is 64.0 Å². The zero-order valence-corrected chi connectivity index (χ0v) is 20.3. The fourth-order valence-electron chi connectivity index (χ4n) is 3.86.